The first-order chi connectivity index (χ1) is 11.9. The molecule has 4 rings (SSSR count). The maximum absolute atomic E-state index is 12.6. The van der Waals surface area contributed by atoms with Gasteiger partial charge in [0.1, 0.15) is 5.75 Å². The Morgan fingerprint density at radius 2 is 1.96 bits per heavy atom. The summed E-state index contributed by atoms with van der Waals surface area (Å²) in [5.41, 5.74) is 1.34. The van der Waals surface area contributed by atoms with Crippen LogP contribution >= 0.6 is 0 Å². The third-order valence-electron chi connectivity index (χ3n) is 4.73. The van der Waals surface area contributed by atoms with Gasteiger partial charge in [0.2, 0.25) is 0 Å². The molecular weight excluding hydrogens is 335 g/mol. The lowest BCUT2D eigenvalue weighted by atomic mass is 9.88. The van der Waals surface area contributed by atoms with Gasteiger partial charge >= 0.3 is 6.18 Å². The van der Waals surface area contributed by atoms with E-state index in [1.807, 2.05) is 12.1 Å². The number of halogens is 3. The van der Waals surface area contributed by atoms with Crippen molar-refractivity contribution in [2.45, 2.75) is 31.2 Å². The average Bonchev–Trinajstić information content (AvgIpc) is 2.94. The second-order valence-electron chi connectivity index (χ2n) is 6.44. The number of allylic oxidation sites excluding steroid dienone is 2. The van der Waals surface area contributed by atoms with Crippen LogP contribution in [0.4, 0.5) is 24.5 Å². The quantitative estimate of drug-likeness (QED) is 0.780. The Labute approximate surface area is 142 Å². The Kier molecular flexibility index (Phi) is 3.79. The van der Waals surface area contributed by atoms with Crippen molar-refractivity contribution < 1.29 is 23.0 Å². The van der Waals surface area contributed by atoms with Gasteiger partial charge in [-0.05, 0) is 37.1 Å². The van der Waals surface area contributed by atoms with Crippen molar-refractivity contribution >= 4 is 11.4 Å². The van der Waals surface area contributed by atoms with Crippen LogP contribution in [0.2, 0.25) is 0 Å². The summed E-state index contributed by atoms with van der Waals surface area (Å²) in [6.45, 7) is 0.364. The largest absolute Gasteiger partial charge is 0.441 e. The number of hydrogen-bond donors (Lipinski definition) is 3. The predicted molar refractivity (Wildman–Crippen MR) is 87.3 cm³/mol. The molecule has 0 aromatic heterocycles. The van der Waals surface area contributed by atoms with Gasteiger partial charge in [-0.25, -0.2) is 0 Å². The number of alkyl halides is 3. The van der Waals surface area contributed by atoms with Crippen molar-refractivity contribution in [2.24, 2.45) is 0 Å². The van der Waals surface area contributed by atoms with Crippen molar-refractivity contribution in [3.63, 3.8) is 0 Å². The molecule has 3 N–H and O–H groups in total. The summed E-state index contributed by atoms with van der Waals surface area (Å²) in [5.74, 6) is 0.833. The van der Waals surface area contributed by atoms with Crippen molar-refractivity contribution in [3.05, 3.63) is 41.8 Å². The molecule has 1 aromatic rings. The van der Waals surface area contributed by atoms with E-state index in [0.717, 1.165) is 30.3 Å². The van der Waals surface area contributed by atoms with Crippen LogP contribution < -0.4 is 20.3 Å². The molecule has 1 saturated carbocycles. The molecule has 8 heteroatoms. The summed E-state index contributed by atoms with van der Waals surface area (Å²) in [4.78, 5) is 2.18. The van der Waals surface area contributed by atoms with E-state index < -0.39 is 11.7 Å². The van der Waals surface area contributed by atoms with Crippen LogP contribution in [0, 0.1) is 0 Å². The lowest BCUT2D eigenvalue weighted by Gasteiger charge is -2.39. The molecule has 5 nitrogen and oxygen atoms in total. The highest BCUT2D eigenvalue weighted by molar-refractivity contribution is 5.77. The minimum atomic E-state index is -4.33. The monoisotopic (exact) mass is 353 g/mol. The zero-order valence-corrected chi connectivity index (χ0v) is 13.3. The highest BCUT2D eigenvalue weighted by Gasteiger charge is 2.36. The van der Waals surface area contributed by atoms with Gasteiger partial charge in [-0.1, -0.05) is 0 Å². The Balaban J connectivity index is 1.49. The first kappa shape index (κ1) is 16.1. The van der Waals surface area contributed by atoms with E-state index in [4.69, 9.17) is 4.74 Å². The van der Waals surface area contributed by atoms with Gasteiger partial charge in [0.15, 0.2) is 5.88 Å². The van der Waals surface area contributed by atoms with Gasteiger partial charge < -0.3 is 25.4 Å². The standard InChI is InChI=1S/C17H18F3N3O2/c18-17(19,20)10-1-4-16(21-8-10)25-13-2-3-14-15(7-13)23(9-22-14)11-5-12(24)6-11/h1-4,7,11-12,21-22,24H,5-6,8-9H2. The predicted octanol–water partition coefficient (Wildman–Crippen LogP) is 2.71. The maximum atomic E-state index is 12.6. The van der Waals surface area contributed by atoms with E-state index in [1.165, 1.54) is 6.08 Å². The molecule has 2 heterocycles. The van der Waals surface area contributed by atoms with Crippen LogP contribution in [0.3, 0.4) is 0 Å². The first-order valence-corrected chi connectivity index (χ1v) is 8.12. The molecule has 1 fully saturated rings. The molecule has 0 unspecified atom stereocenters. The Bertz CT molecular complexity index is 739. The normalized spacial score (nSPS) is 25.2. The SMILES string of the molecule is OC1CC(N2CNc3ccc(OC4=CC=C(C(F)(F)F)CN4)cc32)C1. The molecule has 1 aromatic carbocycles. The highest BCUT2D eigenvalue weighted by Crippen LogP contribution is 2.40. The van der Waals surface area contributed by atoms with Gasteiger partial charge in [-0.2, -0.15) is 13.2 Å². The van der Waals surface area contributed by atoms with Crippen molar-refractivity contribution in [1.82, 2.24) is 5.32 Å². The molecule has 0 radical (unpaired) electrons. The minimum Gasteiger partial charge on any atom is -0.441 e. The summed E-state index contributed by atoms with van der Waals surface area (Å²) >= 11 is 0. The molecule has 0 saturated heterocycles. The van der Waals surface area contributed by atoms with Crippen LogP contribution in [0.5, 0.6) is 5.75 Å². The lowest BCUT2D eigenvalue weighted by Crippen LogP contribution is -2.47. The van der Waals surface area contributed by atoms with Crippen molar-refractivity contribution in [2.75, 3.05) is 23.4 Å². The number of hydrogen-bond acceptors (Lipinski definition) is 5. The molecule has 25 heavy (non-hydrogen) atoms. The molecule has 134 valence electrons. The molecular formula is C17H18F3N3O2. The fraction of sp³-hybridized carbons (Fsp3) is 0.412. The molecule has 0 bridgehead atoms. The van der Waals surface area contributed by atoms with Crippen LogP contribution in [0.15, 0.2) is 41.8 Å². The fourth-order valence-corrected chi connectivity index (χ4v) is 3.23. The van der Waals surface area contributed by atoms with Crippen molar-refractivity contribution in [1.29, 1.82) is 0 Å². The van der Waals surface area contributed by atoms with E-state index in [-0.39, 0.29) is 18.5 Å². The number of fused-ring (bicyclic) bond motifs is 1. The first-order valence-electron chi connectivity index (χ1n) is 8.12. The zero-order valence-electron chi connectivity index (χ0n) is 13.3. The smallest absolute Gasteiger partial charge is 0.414 e. The summed E-state index contributed by atoms with van der Waals surface area (Å²) in [5, 5.41) is 15.4. The van der Waals surface area contributed by atoms with Crippen molar-refractivity contribution in [3.8, 4) is 5.75 Å². The van der Waals surface area contributed by atoms with Crippen LogP contribution in [0.1, 0.15) is 12.8 Å². The Hall–Kier alpha value is -2.35. The second kappa shape index (κ2) is 5.87. The van der Waals surface area contributed by atoms with E-state index >= 15 is 0 Å². The van der Waals surface area contributed by atoms with Gasteiger partial charge in [0.05, 0.1) is 29.7 Å². The average molecular weight is 353 g/mol. The molecule has 2 aliphatic heterocycles. The molecule has 1 aliphatic carbocycles. The Morgan fingerprint density at radius 3 is 2.60 bits per heavy atom. The van der Waals surface area contributed by atoms with E-state index in [9.17, 15) is 18.3 Å². The number of rotatable bonds is 3. The number of nitrogens with zero attached hydrogens (tertiary/aromatic N) is 1. The third kappa shape index (κ3) is 3.13. The van der Waals surface area contributed by atoms with E-state index in [2.05, 4.69) is 15.5 Å². The summed E-state index contributed by atoms with van der Waals surface area (Å²) < 4.78 is 43.5. The number of dihydropyridines is 1. The van der Waals surface area contributed by atoms with E-state index in [0.29, 0.717) is 18.5 Å². The number of aliphatic hydroxyl groups excluding tert-OH is 1. The van der Waals surface area contributed by atoms with Gasteiger partial charge in [-0.3, -0.25) is 0 Å². The van der Waals surface area contributed by atoms with E-state index in [1.54, 1.807) is 6.07 Å². The minimum absolute atomic E-state index is 0.236. The highest BCUT2D eigenvalue weighted by atomic mass is 19.4. The summed E-state index contributed by atoms with van der Waals surface area (Å²) in [6, 6.07) is 5.82. The van der Waals surface area contributed by atoms with Gasteiger partial charge in [0.25, 0.3) is 0 Å². The second-order valence-corrected chi connectivity index (χ2v) is 6.44. The molecule has 3 aliphatic rings. The summed E-state index contributed by atoms with van der Waals surface area (Å²) in [7, 11) is 0. The van der Waals surface area contributed by atoms with Crippen LogP contribution in [0.25, 0.3) is 0 Å². The topological polar surface area (TPSA) is 56.8 Å². The van der Waals surface area contributed by atoms with Crippen LogP contribution in [-0.4, -0.2) is 36.6 Å². The molecule has 0 amide bonds. The molecule has 0 atom stereocenters. The number of nitrogens with one attached hydrogen (secondary N) is 2. The lowest BCUT2D eigenvalue weighted by molar-refractivity contribution is -0.0931. The van der Waals surface area contributed by atoms with Crippen LogP contribution in [-0.2, 0) is 0 Å². The fourth-order valence-electron chi connectivity index (χ4n) is 3.23. The van der Waals surface area contributed by atoms with Gasteiger partial charge in [0, 0.05) is 18.7 Å². The maximum Gasteiger partial charge on any atom is 0.414 e. The summed E-state index contributed by atoms with van der Waals surface area (Å²) in [6.07, 6.45) is -0.768. The Morgan fingerprint density at radius 1 is 1.16 bits per heavy atom. The third-order valence-corrected chi connectivity index (χ3v) is 4.73. The zero-order chi connectivity index (χ0) is 17.6. The molecule has 0 spiro atoms. The number of ether oxygens (including phenoxy) is 1. The number of aliphatic hydroxyl groups is 1. The number of anilines is 2. The number of benzene rings is 1. The van der Waals surface area contributed by atoms with Gasteiger partial charge in [-0.15, -0.1) is 0 Å².